The quantitative estimate of drug-likeness (QED) is 0.779. The lowest BCUT2D eigenvalue weighted by Gasteiger charge is -2.24. The topological polar surface area (TPSA) is 29.9 Å². The van der Waals surface area contributed by atoms with E-state index >= 15 is 0 Å². The molecule has 2 unspecified atom stereocenters. The Labute approximate surface area is 124 Å². The molecule has 114 valence electrons. The summed E-state index contributed by atoms with van der Waals surface area (Å²) in [6.07, 6.45) is 11.2. The Hall–Kier alpha value is -0.830. The summed E-state index contributed by atoms with van der Waals surface area (Å²) in [6, 6.07) is 3.45. The van der Waals surface area contributed by atoms with Gasteiger partial charge in [-0.2, -0.15) is 5.10 Å². The Morgan fingerprint density at radius 3 is 2.75 bits per heavy atom. The second-order valence-corrected chi connectivity index (χ2v) is 6.36. The lowest BCUT2D eigenvalue weighted by molar-refractivity contribution is 0.353. The molecule has 0 aliphatic heterocycles. The average Bonchev–Trinajstić information content (AvgIpc) is 3.09. The highest BCUT2D eigenvalue weighted by atomic mass is 15.3. The highest BCUT2D eigenvalue weighted by molar-refractivity contribution is 5.03. The molecule has 2 atom stereocenters. The van der Waals surface area contributed by atoms with Crippen LogP contribution in [0.1, 0.15) is 71.0 Å². The fourth-order valence-corrected chi connectivity index (χ4v) is 3.48. The van der Waals surface area contributed by atoms with Crippen molar-refractivity contribution in [1.29, 1.82) is 0 Å². The summed E-state index contributed by atoms with van der Waals surface area (Å²) in [5, 5.41) is 8.48. The minimum Gasteiger partial charge on any atom is -0.314 e. The summed E-state index contributed by atoms with van der Waals surface area (Å²) in [4.78, 5) is 0. The molecule has 1 heterocycles. The van der Waals surface area contributed by atoms with E-state index in [4.69, 9.17) is 5.10 Å². The zero-order valence-electron chi connectivity index (χ0n) is 13.4. The number of rotatable bonds is 8. The van der Waals surface area contributed by atoms with Crippen molar-refractivity contribution in [3.05, 3.63) is 18.0 Å². The molecule has 20 heavy (non-hydrogen) atoms. The van der Waals surface area contributed by atoms with Gasteiger partial charge in [0.25, 0.3) is 0 Å². The highest BCUT2D eigenvalue weighted by Gasteiger charge is 2.20. The second-order valence-electron chi connectivity index (χ2n) is 6.36. The van der Waals surface area contributed by atoms with Crippen LogP contribution in [0.25, 0.3) is 0 Å². The molecular formula is C17H31N3. The Bertz CT molecular complexity index is 379. The standard InChI is InChI=1S/C17H31N3/c1-4-8-14(3)17(18-5-2)13-15-11-12-20(19-15)16-9-6-7-10-16/h11-12,14,16-18H,4-10,13H2,1-3H3. The first-order valence-corrected chi connectivity index (χ1v) is 8.52. The lowest BCUT2D eigenvalue weighted by atomic mass is 9.93. The van der Waals surface area contributed by atoms with Crippen LogP contribution in [0.2, 0.25) is 0 Å². The predicted octanol–water partition coefficient (Wildman–Crippen LogP) is 3.96. The molecule has 0 aromatic carbocycles. The van der Waals surface area contributed by atoms with Crippen molar-refractivity contribution in [1.82, 2.24) is 15.1 Å². The summed E-state index contributed by atoms with van der Waals surface area (Å²) in [5.74, 6) is 0.719. The van der Waals surface area contributed by atoms with E-state index in [1.807, 2.05) is 0 Å². The fourth-order valence-electron chi connectivity index (χ4n) is 3.48. The molecule has 0 bridgehead atoms. The largest absolute Gasteiger partial charge is 0.314 e. The SMILES string of the molecule is CCCC(C)C(Cc1ccn(C2CCCC2)n1)NCC. The molecule has 1 fully saturated rings. The molecule has 3 heteroatoms. The summed E-state index contributed by atoms with van der Waals surface area (Å²) in [7, 11) is 0. The van der Waals surface area contributed by atoms with Crippen LogP contribution in [-0.2, 0) is 6.42 Å². The van der Waals surface area contributed by atoms with Crippen molar-refractivity contribution >= 4 is 0 Å². The number of aromatic nitrogens is 2. The van der Waals surface area contributed by atoms with Crippen LogP contribution in [0.3, 0.4) is 0 Å². The van der Waals surface area contributed by atoms with E-state index in [2.05, 4.69) is 43.0 Å². The molecule has 1 aromatic heterocycles. The summed E-state index contributed by atoms with van der Waals surface area (Å²) >= 11 is 0. The van der Waals surface area contributed by atoms with Gasteiger partial charge in [-0.15, -0.1) is 0 Å². The maximum Gasteiger partial charge on any atom is 0.0640 e. The van der Waals surface area contributed by atoms with Gasteiger partial charge in [0.2, 0.25) is 0 Å². The monoisotopic (exact) mass is 277 g/mol. The van der Waals surface area contributed by atoms with Crippen LogP contribution in [-0.4, -0.2) is 22.4 Å². The Morgan fingerprint density at radius 2 is 2.10 bits per heavy atom. The maximum atomic E-state index is 4.83. The molecule has 0 radical (unpaired) electrons. The minimum atomic E-state index is 0.562. The smallest absolute Gasteiger partial charge is 0.0640 e. The van der Waals surface area contributed by atoms with Gasteiger partial charge in [0.15, 0.2) is 0 Å². The van der Waals surface area contributed by atoms with Crippen molar-refractivity contribution in [2.75, 3.05) is 6.54 Å². The van der Waals surface area contributed by atoms with Gasteiger partial charge < -0.3 is 5.32 Å². The zero-order valence-corrected chi connectivity index (χ0v) is 13.4. The fraction of sp³-hybridized carbons (Fsp3) is 0.824. The molecule has 1 aliphatic rings. The second kappa shape index (κ2) is 7.82. The summed E-state index contributed by atoms with van der Waals surface area (Å²) in [5.41, 5.74) is 1.26. The van der Waals surface area contributed by atoms with Crippen LogP contribution < -0.4 is 5.32 Å². The van der Waals surface area contributed by atoms with Gasteiger partial charge in [-0.05, 0) is 37.8 Å². The number of nitrogens with one attached hydrogen (secondary N) is 1. The van der Waals surface area contributed by atoms with Crippen molar-refractivity contribution in [3.8, 4) is 0 Å². The summed E-state index contributed by atoms with van der Waals surface area (Å²) in [6.45, 7) is 7.88. The van der Waals surface area contributed by atoms with Crippen molar-refractivity contribution in [3.63, 3.8) is 0 Å². The zero-order chi connectivity index (χ0) is 14.4. The molecule has 3 nitrogen and oxygen atoms in total. The molecule has 1 aliphatic carbocycles. The van der Waals surface area contributed by atoms with E-state index in [0.717, 1.165) is 18.9 Å². The van der Waals surface area contributed by atoms with E-state index in [0.29, 0.717) is 12.1 Å². The Kier molecular flexibility index (Phi) is 6.08. The van der Waals surface area contributed by atoms with Gasteiger partial charge in [-0.3, -0.25) is 4.68 Å². The number of hydrogen-bond acceptors (Lipinski definition) is 2. The molecule has 2 rings (SSSR count). The first-order valence-electron chi connectivity index (χ1n) is 8.52. The third kappa shape index (κ3) is 4.08. The molecular weight excluding hydrogens is 246 g/mol. The normalized spacial score (nSPS) is 19.4. The molecule has 1 saturated carbocycles. The number of nitrogens with zero attached hydrogens (tertiary/aromatic N) is 2. The molecule has 0 amide bonds. The Balaban J connectivity index is 1.95. The van der Waals surface area contributed by atoms with Crippen molar-refractivity contribution in [2.24, 2.45) is 5.92 Å². The molecule has 0 spiro atoms. The van der Waals surface area contributed by atoms with Crippen LogP contribution >= 0.6 is 0 Å². The molecule has 1 N–H and O–H groups in total. The van der Waals surface area contributed by atoms with Crippen LogP contribution in [0.5, 0.6) is 0 Å². The highest BCUT2D eigenvalue weighted by Crippen LogP contribution is 2.28. The van der Waals surface area contributed by atoms with Gasteiger partial charge in [-0.25, -0.2) is 0 Å². The third-order valence-electron chi connectivity index (χ3n) is 4.69. The van der Waals surface area contributed by atoms with Crippen LogP contribution in [0.4, 0.5) is 0 Å². The van der Waals surface area contributed by atoms with E-state index < -0.39 is 0 Å². The number of likely N-dealkylation sites (N-methyl/N-ethyl adjacent to an activating group) is 1. The Morgan fingerprint density at radius 1 is 1.35 bits per heavy atom. The van der Waals surface area contributed by atoms with Crippen molar-refractivity contribution in [2.45, 2.75) is 77.8 Å². The summed E-state index contributed by atoms with van der Waals surface area (Å²) < 4.78 is 2.22. The van der Waals surface area contributed by atoms with E-state index in [1.165, 1.54) is 44.2 Å². The molecule has 1 aromatic rings. The van der Waals surface area contributed by atoms with Gasteiger partial charge in [-0.1, -0.05) is 40.0 Å². The third-order valence-corrected chi connectivity index (χ3v) is 4.69. The first kappa shape index (κ1) is 15.6. The van der Waals surface area contributed by atoms with Crippen molar-refractivity contribution < 1.29 is 0 Å². The predicted molar refractivity (Wildman–Crippen MR) is 85.0 cm³/mol. The van der Waals surface area contributed by atoms with Gasteiger partial charge in [0, 0.05) is 18.7 Å². The lowest BCUT2D eigenvalue weighted by Crippen LogP contribution is -2.37. The maximum absolute atomic E-state index is 4.83. The van der Waals surface area contributed by atoms with Gasteiger partial charge in [0.05, 0.1) is 11.7 Å². The van der Waals surface area contributed by atoms with Crippen LogP contribution in [0, 0.1) is 5.92 Å². The minimum absolute atomic E-state index is 0.562. The van der Waals surface area contributed by atoms with E-state index in [9.17, 15) is 0 Å². The van der Waals surface area contributed by atoms with E-state index in [1.54, 1.807) is 0 Å². The van der Waals surface area contributed by atoms with Crippen LogP contribution in [0.15, 0.2) is 12.3 Å². The van der Waals surface area contributed by atoms with Gasteiger partial charge >= 0.3 is 0 Å². The molecule has 0 saturated heterocycles. The average molecular weight is 277 g/mol. The van der Waals surface area contributed by atoms with Gasteiger partial charge in [0.1, 0.15) is 0 Å². The first-order chi connectivity index (χ1) is 9.74. The van der Waals surface area contributed by atoms with E-state index in [-0.39, 0.29) is 0 Å². The number of hydrogen-bond donors (Lipinski definition) is 1.